The summed E-state index contributed by atoms with van der Waals surface area (Å²) in [4.78, 5) is 31.6. The molecular weight excluding hydrogens is 511 g/mol. The number of carbonyl (C=O) groups is 2. The van der Waals surface area contributed by atoms with E-state index in [1.165, 1.54) is 17.0 Å². The van der Waals surface area contributed by atoms with E-state index >= 15 is 0 Å². The van der Waals surface area contributed by atoms with Crippen LogP contribution in [0.25, 0.3) is 11.3 Å². The zero-order valence-electron chi connectivity index (χ0n) is 22.2. The molecule has 0 bridgehead atoms. The van der Waals surface area contributed by atoms with Crippen molar-refractivity contribution in [3.05, 3.63) is 83.2 Å². The van der Waals surface area contributed by atoms with E-state index < -0.39 is 17.5 Å². The van der Waals surface area contributed by atoms with Crippen molar-refractivity contribution in [3.8, 4) is 17.3 Å². The average molecular weight is 545 g/mol. The van der Waals surface area contributed by atoms with Crippen LogP contribution in [0.15, 0.2) is 60.7 Å². The van der Waals surface area contributed by atoms with E-state index in [4.69, 9.17) is 10.7 Å². The summed E-state index contributed by atoms with van der Waals surface area (Å²) in [5.41, 5.74) is 7.75. The topological polar surface area (TPSA) is 144 Å². The van der Waals surface area contributed by atoms with Gasteiger partial charge in [0.15, 0.2) is 0 Å². The number of amides is 2. The molecule has 10 heteroatoms. The van der Waals surface area contributed by atoms with Crippen molar-refractivity contribution in [1.29, 1.82) is 5.26 Å². The van der Waals surface area contributed by atoms with E-state index in [1.807, 2.05) is 12.1 Å². The number of nitriles is 1. The van der Waals surface area contributed by atoms with Crippen LogP contribution in [0.2, 0.25) is 0 Å². The van der Waals surface area contributed by atoms with Gasteiger partial charge in [0, 0.05) is 25.2 Å². The fraction of sp³-hybridized carbons (Fsp3) is 0.333. The quantitative estimate of drug-likeness (QED) is 0.296. The maximum atomic E-state index is 13.6. The van der Waals surface area contributed by atoms with Crippen LogP contribution in [-0.4, -0.2) is 58.7 Å². The van der Waals surface area contributed by atoms with Gasteiger partial charge >= 0.3 is 6.09 Å². The van der Waals surface area contributed by atoms with Gasteiger partial charge in [-0.15, -0.1) is 0 Å². The van der Waals surface area contributed by atoms with Crippen molar-refractivity contribution < 1.29 is 19.1 Å². The lowest BCUT2D eigenvalue weighted by molar-refractivity contribution is 0.0408. The van der Waals surface area contributed by atoms with Crippen molar-refractivity contribution >= 4 is 17.8 Å². The molecule has 0 saturated carbocycles. The molecule has 3 aromatic rings. The van der Waals surface area contributed by atoms with E-state index in [0.29, 0.717) is 61.5 Å². The first-order chi connectivity index (χ1) is 19.4. The first-order valence-corrected chi connectivity index (χ1v) is 13.3. The van der Waals surface area contributed by atoms with Gasteiger partial charge in [-0.1, -0.05) is 30.3 Å². The highest BCUT2D eigenvalue weighted by molar-refractivity contribution is 5.99. The first-order valence-electron chi connectivity index (χ1n) is 13.3. The minimum Gasteiger partial charge on any atom is -0.465 e. The van der Waals surface area contributed by atoms with E-state index in [2.05, 4.69) is 16.7 Å². The Morgan fingerprint density at radius 3 is 2.73 bits per heavy atom. The predicted molar refractivity (Wildman–Crippen MR) is 150 cm³/mol. The zero-order valence-corrected chi connectivity index (χ0v) is 22.2. The fourth-order valence-electron chi connectivity index (χ4n) is 5.28. The molecular formula is C30H33FN6O3. The Morgan fingerprint density at radius 2 is 1.98 bits per heavy atom. The van der Waals surface area contributed by atoms with Gasteiger partial charge < -0.3 is 26.4 Å². The fourth-order valence-corrected chi connectivity index (χ4v) is 5.28. The molecule has 9 nitrogen and oxygen atoms in total. The van der Waals surface area contributed by atoms with Crippen molar-refractivity contribution in [1.82, 2.24) is 15.2 Å². The molecule has 2 amide bonds. The number of aromatic nitrogens is 1. The van der Waals surface area contributed by atoms with Crippen LogP contribution in [0, 0.1) is 17.1 Å². The number of nitrogens with one attached hydrogen (secondary N) is 2. The van der Waals surface area contributed by atoms with Crippen molar-refractivity contribution in [2.75, 3.05) is 31.5 Å². The van der Waals surface area contributed by atoms with Crippen LogP contribution < -0.4 is 16.4 Å². The van der Waals surface area contributed by atoms with Gasteiger partial charge in [-0.05, 0) is 74.5 Å². The van der Waals surface area contributed by atoms with Crippen molar-refractivity contribution in [2.24, 2.45) is 5.73 Å². The van der Waals surface area contributed by atoms with Gasteiger partial charge in [0.25, 0.3) is 5.91 Å². The van der Waals surface area contributed by atoms with E-state index in [9.17, 15) is 24.3 Å². The van der Waals surface area contributed by atoms with Gasteiger partial charge in [0.05, 0.1) is 28.4 Å². The Hall–Kier alpha value is -4.49. The minimum absolute atomic E-state index is 0.122. The highest BCUT2D eigenvalue weighted by atomic mass is 19.1. The first kappa shape index (κ1) is 28.5. The Bertz CT molecular complexity index is 1400. The van der Waals surface area contributed by atoms with Crippen LogP contribution in [-0.2, 0) is 6.42 Å². The normalized spacial score (nSPS) is 16.7. The molecule has 2 heterocycles. The number of carbonyl (C=O) groups excluding carboxylic acids is 1. The monoisotopic (exact) mass is 544 g/mol. The molecule has 0 aliphatic carbocycles. The smallest absolute Gasteiger partial charge is 0.407 e. The second-order valence-electron chi connectivity index (χ2n) is 9.89. The van der Waals surface area contributed by atoms with Crippen molar-refractivity contribution in [3.63, 3.8) is 0 Å². The lowest BCUT2D eigenvalue weighted by Crippen LogP contribution is -2.60. The van der Waals surface area contributed by atoms with Crippen LogP contribution in [0.3, 0.4) is 0 Å². The molecule has 0 radical (unpaired) electrons. The third-order valence-corrected chi connectivity index (χ3v) is 7.32. The molecule has 1 saturated heterocycles. The number of halogens is 1. The number of pyridine rings is 1. The zero-order chi connectivity index (χ0) is 28.5. The number of likely N-dealkylation sites (tertiary alicyclic amines) is 1. The number of rotatable bonds is 10. The number of hydrogen-bond donors (Lipinski definition) is 4. The number of hydrogen-bond acceptors (Lipinski definition) is 6. The number of anilines is 1. The minimum atomic E-state index is -1.02. The molecule has 1 aliphatic rings. The van der Waals surface area contributed by atoms with Crippen LogP contribution in [0.5, 0.6) is 0 Å². The van der Waals surface area contributed by atoms with Crippen LogP contribution in [0.1, 0.15) is 47.2 Å². The van der Waals surface area contributed by atoms with E-state index in [-0.39, 0.29) is 17.9 Å². The van der Waals surface area contributed by atoms with Gasteiger partial charge in [-0.2, -0.15) is 5.26 Å². The Labute approximate surface area is 232 Å². The molecule has 5 N–H and O–H groups in total. The lowest BCUT2D eigenvalue weighted by Gasteiger charge is -2.46. The SMILES string of the molecule is N#Cc1ccccc1-c1ccc(C(=O)NC[C@]2(CCN)CCCCN2C(=O)O)c(NCCc2cccc(F)c2)n1. The molecule has 0 unspecified atom stereocenters. The largest absolute Gasteiger partial charge is 0.465 e. The Morgan fingerprint density at radius 1 is 1.15 bits per heavy atom. The van der Waals surface area contributed by atoms with Gasteiger partial charge in [0.1, 0.15) is 11.6 Å². The predicted octanol–water partition coefficient (Wildman–Crippen LogP) is 4.40. The average Bonchev–Trinajstić information content (AvgIpc) is 2.96. The summed E-state index contributed by atoms with van der Waals surface area (Å²) >= 11 is 0. The number of nitrogens with zero attached hydrogens (tertiary/aromatic N) is 3. The number of benzene rings is 2. The molecule has 208 valence electrons. The van der Waals surface area contributed by atoms with Gasteiger partial charge in [0.2, 0.25) is 0 Å². The van der Waals surface area contributed by atoms with E-state index in [1.54, 1.807) is 36.4 Å². The summed E-state index contributed by atoms with van der Waals surface area (Å²) < 4.78 is 13.6. The summed E-state index contributed by atoms with van der Waals surface area (Å²) in [6, 6.07) is 18.9. The third kappa shape index (κ3) is 6.55. The summed E-state index contributed by atoms with van der Waals surface area (Å²) in [6.45, 7) is 1.19. The molecule has 1 aromatic heterocycles. The van der Waals surface area contributed by atoms with E-state index in [0.717, 1.165) is 18.4 Å². The third-order valence-electron chi connectivity index (χ3n) is 7.32. The molecule has 4 rings (SSSR count). The summed E-state index contributed by atoms with van der Waals surface area (Å²) in [5.74, 6) is -0.422. The molecule has 0 spiro atoms. The van der Waals surface area contributed by atoms with Crippen LogP contribution >= 0.6 is 0 Å². The second kappa shape index (κ2) is 13.0. The Kier molecular flexibility index (Phi) is 9.30. The molecule has 40 heavy (non-hydrogen) atoms. The number of nitrogens with two attached hydrogens (primary N) is 1. The molecule has 1 aliphatic heterocycles. The molecule has 2 aromatic carbocycles. The molecule has 1 atom stereocenters. The number of carboxylic acid groups (broad SMARTS) is 1. The summed E-state index contributed by atoms with van der Waals surface area (Å²) in [6.07, 6.45) is 2.12. The molecule has 1 fully saturated rings. The van der Waals surface area contributed by atoms with Gasteiger partial charge in [-0.25, -0.2) is 14.2 Å². The highest BCUT2D eigenvalue weighted by Crippen LogP contribution is 2.31. The maximum Gasteiger partial charge on any atom is 0.407 e. The maximum absolute atomic E-state index is 13.6. The summed E-state index contributed by atoms with van der Waals surface area (Å²) in [5, 5.41) is 25.5. The number of piperidine rings is 1. The summed E-state index contributed by atoms with van der Waals surface area (Å²) in [7, 11) is 0. The standard InChI is InChI=1S/C30H33FN6O3/c31-23-8-5-6-21(18-23)12-16-34-27-25(10-11-26(36-27)24-9-2-1-7-22(24)19-33)28(38)35-20-30(14-15-32)13-3-4-17-37(30)29(39)40/h1-2,5-11,18H,3-4,12-17,20,32H2,(H,34,36)(H,35,38)(H,39,40)/t30-/m1/s1. The van der Waals surface area contributed by atoms with Crippen LogP contribution in [0.4, 0.5) is 15.0 Å². The Balaban J connectivity index is 1.60. The second-order valence-corrected chi connectivity index (χ2v) is 9.89. The lowest BCUT2D eigenvalue weighted by atomic mass is 9.83. The van der Waals surface area contributed by atoms with Crippen molar-refractivity contribution in [2.45, 2.75) is 37.6 Å². The highest BCUT2D eigenvalue weighted by Gasteiger charge is 2.41. The van der Waals surface area contributed by atoms with Gasteiger partial charge in [-0.3, -0.25) is 4.79 Å².